The maximum Gasteiger partial charge on any atom is 0.123 e. The molecule has 3 heteroatoms. The second-order valence-corrected chi connectivity index (χ2v) is 4.13. The van der Waals surface area contributed by atoms with Gasteiger partial charge < -0.3 is 10.5 Å². The molecule has 18 heavy (non-hydrogen) atoms. The highest BCUT2D eigenvalue weighted by molar-refractivity contribution is 5.46. The monoisotopic (exact) mass is 245 g/mol. The highest BCUT2D eigenvalue weighted by Gasteiger charge is 2.02. The summed E-state index contributed by atoms with van der Waals surface area (Å²) in [5, 5.41) is 0. The maximum atomic E-state index is 13.1. The number of anilines is 1. The van der Waals surface area contributed by atoms with Crippen LogP contribution in [0.2, 0.25) is 0 Å². The summed E-state index contributed by atoms with van der Waals surface area (Å²) in [6.07, 6.45) is 0.997. The number of hydrogen-bond acceptors (Lipinski definition) is 2. The first-order valence-electron chi connectivity index (χ1n) is 5.94. The van der Waals surface area contributed by atoms with Crippen LogP contribution >= 0.6 is 0 Å². The van der Waals surface area contributed by atoms with E-state index in [4.69, 9.17) is 10.5 Å². The van der Waals surface area contributed by atoms with Crippen LogP contribution < -0.4 is 10.5 Å². The number of aryl methyl sites for hydroxylation is 1. The first kappa shape index (κ1) is 12.4. The van der Waals surface area contributed by atoms with Gasteiger partial charge in [-0.05, 0) is 42.3 Å². The van der Waals surface area contributed by atoms with Gasteiger partial charge in [0.15, 0.2) is 0 Å². The third kappa shape index (κ3) is 3.00. The van der Waals surface area contributed by atoms with Crippen LogP contribution in [-0.2, 0) is 13.0 Å². The van der Waals surface area contributed by atoms with Gasteiger partial charge in [0.05, 0.1) is 0 Å². The molecule has 0 saturated heterocycles. The Hall–Kier alpha value is -2.03. The van der Waals surface area contributed by atoms with E-state index in [-0.39, 0.29) is 12.4 Å². The number of nitrogen functional groups attached to an aromatic ring is 1. The fraction of sp³-hybridized carbons (Fsp3) is 0.200. The van der Waals surface area contributed by atoms with E-state index in [9.17, 15) is 4.39 Å². The second kappa shape index (κ2) is 5.54. The molecule has 0 heterocycles. The topological polar surface area (TPSA) is 35.2 Å². The van der Waals surface area contributed by atoms with Crippen LogP contribution in [0.25, 0.3) is 0 Å². The van der Waals surface area contributed by atoms with E-state index in [2.05, 4.69) is 6.92 Å². The van der Waals surface area contributed by atoms with Gasteiger partial charge in [0.1, 0.15) is 18.2 Å². The van der Waals surface area contributed by atoms with Gasteiger partial charge in [-0.2, -0.15) is 0 Å². The van der Waals surface area contributed by atoms with E-state index in [0.29, 0.717) is 11.3 Å². The molecule has 0 saturated carbocycles. The van der Waals surface area contributed by atoms with Gasteiger partial charge in [0.25, 0.3) is 0 Å². The zero-order valence-electron chi connectivity index (χ0n) is 10.3. The Labute approximate surface area is 106 Å². The smallest absolute Gasteiger partial charge is 0.123 e. The zero-order chi connectivity index (χ0) is 13.0. The van der Waals surface area contributed by atoms with E-state index < -0.39 is 0 Å². The molecule has 2 N–H and O–H groups in total. The molecular weight excluding hydrogens is 229 g/mol. The Kier molecular flexibility index (Phi) is 3.82. The molecule has 0 atom stereocenters. The standard InChI is InChI=1S/C15H16FNO/c1-2-11-3-6-14(7-4-11)18-10-12-9-13(16)5-8-15(12)17/h3-9H,2,10,17H2,1H3. The van der Waals surface area contributed by atoms with Crippen LogP contribution in [0.1, 0.15) is 18.1 Å². The van der Waals surface area contributed by atoms with Crippen molar-refractivity contribution in [2.45, 2.75) is 20.0 Å². The number of hydrogen-bond donors (Lipinski definition) is 1. The third-order valence-electron chi connectivity index (χ3n) is 2.83. The molecule has 2 nitrogen and oxygen atoms in total. The minimum Gasteiger partial charge on any atom is -0.489 e. The zero-order valence-corrected chi connectivity index (χ0v) is 10.3. The predicted octanol–water partition coefficient (Wildman–Crippen LogP) is 3.55. The fourth-order valence-corrected chi connectivity index (χ4v) is 1.68. The Morgan fingerprint density at radius 3 is 2.50 bits per heavy atom. The van der Waals surface area contributed by atoms with E-state index in [0.717, 1.165) is 12.2 Å². The molecule has 2 aromatic rings. The van der Waals surface area contributed by atoms with Crippen LogP contribution in [-0.4, -0.2) is 0 Å². The SMILES string of the molecule is CCc1ccc(OCc2cc(F)ccc2N)cc1. The first-order chi connectivity index (χ1) is 8.69. The highest BCUT2D eigenvalue weighted by Crippen LogP contribution is 2.18. The molecule has 0 amide bonds. The van der Waals surface area contributed by atoms with E-state index in [1.165, 1.54) is 17.7 Å². The van der Waals surface area contributed by atoms with E-state index in [1.54, 1.807) is 6.07 Å². The molecule has 0 unspecified atom stereocenters. The lowest BCUT2D eigenvalue weighted by molar-refractivity contribution is 0.306. The summed E-state index contributed by atoms with van der Waals surface area (Å²) >= 11 is 0. The van der Waals surface area contributed by atoms with E-state index >= 15 is 0 Å². The summed E-state index contributed by atoms with van der Waals surface area (Å²) in [4.78, 5) is 0. The summed E-state index contributed by atoms with van der Waals surface area (Å²) in [5.41, 5.74) is 8.21. The number of rotatable bonds is 4. The predicted molar refractivity (Wildman–Crippen MR) is 71.0 cm³/mol. The van der Waals surface area contributed by atoms with Crippen molar-refractivity contribution in [2.24, 2.45) is 0 Å². The summed E-state index contributed by atoms with van der Waals surface area (Å²) in [7, 11) is 0. The van der Waals surface area contributed by atoms with Crippen molar-refractivity contribution in [3.8, 4) is 5.75 Å². The van der Waals surface area contributed by atoms with Crippen molar-refractivity contribution >= 4 is 5.69 Å². The average Bonchev–Trinajstić information content (AvgIpc) is 2.40. The van der Waals surface area contributed by atoms with Gasteiger partial charge in [-0.25, -0.2) is 4.39 Å². The molecule has 0 spiro atoms. The molecule has 0 aliphatic heterocycles. The van der Waals surface area contributed by atoms with Gasteiger partial charge in [0.2, 0.25) is 0 Å². The molecule has 2 rings (SSSR count). The number of ether oxygens (including phenoxy) is 1. The van der Waals surface area contributed by atoms with Gasteiger partial charge in [-0.15, -0.1) is 0 Å². The first-order valence-corrected chi connectivity index (χ1v) is 5.94. The van der Waals surface area contributed by atoms with Crippen LogP contribution in [0.4, 0.5) is 10.1 Å². The van der Waals surface area contributed by atoms with E-state index in [1.807, 2.05) is 24.3 Å². The third-order valence-corrected chi connectivity index (χ3v) is 2.83. The summed E-state index contributed by atoms with van der Waals surface area (Å²) in [6.45, 7) is 2.37. The van der Waals surface area contributed by atoms with Gasteiger partial charge in [-0.3, -0.25) is 0 Å². The van der Waals surface area contributed by atoms with Gasteiger partial charge >= 0.3 is 0 Å². The average molecular weight is 245 g/mol. The van der Waals surface area contributed by atoms with Gasteiger partial charge in [0, 0.05) is 11.3 Å². The summed E-state index contributed by atoms with van der Waals surface area (Å²) in [6, 6.07) is 12.1. The Balaban J connectivity index is 2.04. The quantitative estimate of drug-likeness (QED) is 0.836. The van der Waals surface area contributed by atoms with Gasteiger partial charge in [-0.1, -0.05) is 19.1 Å². The van der Waals surface area contributed by atoms with Crippen molar-refractivity contribution in [1.29, 1.82) is 0 Å². The normalized spacial score (nSPS) is 10.3. The molecule has 0 fully saturated rings. The van der Waals surface area contributed by atoms with Crippen molar-refractivity contribution < 1.29 is 9.13 Å². The largest absolute Gasteiger partial charge is 0.489 e. The Bertz CT molecular complexity index is 523. The number of nitrogens with two attached hydrogens (primary N) is 1. The molecule has 0 aliphatic carbocycles. The molecule has 0 bridgehead atoms. The molecular formula is C15H16FNO. The lowest BCUT2D eigenvalue weighted by Crippen LogP contribution is -2.01. The van der Waals surface area contributed by atoms with Crippen LogP contribution in [0.3, 0.4) is 0 Å². The van der Waals surface area contributed by atoms with Crippen LogP contribution in [0, 0.1) is 5.82 Å². The maximum absolute atomic E-state index is 13.1. The highest BCUT2D eigenvalue weighted by atomic mass is 19.1. The molecule has 0 radical (unpaired) electrons. The number of benzene rings is 2. The van der Waals surface area contributed by atoms with Crippen molar-refractivity contribution in [2.75, 3.05) is 5.73 Å². The Morgan fingerprint density at radius 1 is 1.11 bits per heavy atom. The second-order valence-electron chi connectivity index (χ2n) is 4.13. The minimum atomic E-state index is -0.302. The lowest BCUT2D eigenvalue weighted by Gasteiger charge is -2.09. The molecule has 94 valence electrons. The molecule has 2 aromatic carbocycles. The summed E-state index contributed by atoms with van der Waals surface area (Å²) in [5.74, 6) is 0.458. The number of halogens is 1. The molecule has 0 aliphatic rings. The fourth-order valence-electron chi connectivity index (χ4n) is 1.68. The van der Waals surface area contributed by atoms with Crippen molar-refractivity contribution in [3.05, 3.63) is 59.4 Å². The minimum absolute atomic E-state index is 0.273. The van der Waals surface area contributed by atoms with Crippen LogP contribution in [0.15, 0.2) is 42.5 Å². The lowest BCUT2D eigenvalue weighted by atomic mass is 10.1. The molecule has 0 aromatic heterocycles. The Morgan fingerprint density at radius 2 is 1.83 bits per heavy atom. The van der Waals surface area contributed by atoms with Crippen molar-refractivity contribution in [1.82, 2.24) is 0 Å². The van der Waals surface area contributed by atoms with Crippen LogP contribution in [0.5, 0.6) is 5.75 Å². The van der Waals surface area contributed by atoms with Crippen molar-refractivity contribution in [3.63, 3.8) is 0 Å². The summed E-state index contributed by atoms with van der Waals surface area (Å²) < 4.78 is 18.6.